The molecule has 0 unspecified atom stereocenters. The van der Waals surface area contributed by atoms with Crippen LogP contribution < -0.4 is 14.5 Å². The van der Waals surface area contributed by atoms with Crippen LogP contribution in [0.2, 0.25) is 0 Å². The predicted molar refractivity (Wildman–Crippen MR) is 137 cm³/mol. The van der Waals surface area contributed by atoms with Crippen LogP contribution >= 0.6 is 0 Å². The minimum absolute atomic E-state index is 0.0984. The Morgan fingerprint density at radius 3 is 2.40 bits per heavy atom. The number of carbonyl (C=O) groups excluding carboxylic acids is 2. The molecule has 0 saturated carbocycles. The van der Waals surface area contributed by atoms with Gasteiger partial charge in [-0.1, -0.05) is 42.0 Å². The van der Waals surface area contributed by atoms with Gasteiger partial charge in [0.05, 0.1) is 10.6 Å². The molecule has 0 aromatic heterocycles. The van der Waals surface area contributed by atoms with Crippen molar-refractivity contribution in [3.63, 3.8) is 0 Å². The molecule has 0 radical (unpaired) electrons. The van der Waals surface area contributed by atoms with E-state index in [2.05, 4.69) is 5.32 Å². The van der Waals surface area contributed by atoms with E-state index in [0.717, 1.165) is 33.1 Å². The average molecular weight is 492 g/mol. The van der Waals surface area contributed by atoms with Crippen LogP contribution in [0.15, 0.2) is 77.7 Å². The van der Waals surface area contributed by atoms with Crippen molar-refractivity contribution in [1.82, 2.24) is 5.32 Å². The van der Waals surface area contributed by atoms with E-state index in [1.54, 1.807) is 47.4 Å². The van der Waals surface area contributed by atoms with Gasteiger partial charge in [0.25, 0.3) is 10.0 Å². The number of nitrogens with zero attached hydrogens (tertiary/aromatic N) is 2. The molecular weight excluding hydrogens is 462 g/mol. The first-order valence-electron chi connectivity index (χ1n) is 11.6. The van der Waals surface area contributed by atoms with Gasteiger partial charge in [-0.15, -0.1) is 0 Å². The van der Waals surface area contributed by atoms with Crippen LogP contribution in [-0.2, 0) is 26.2 Å². The number of hydrogen-bond acceptors (Lipinski definition) is 4. The lowest BCUT2D eigenvalue weighted by Crippen LogP contribution is -2.40. The monoisotopic (exact) mass is 491 g/mol. The largest absolute Gasteiger partial charge is 0.350 e. The third-order valence-electron chi connectivity index (χ3n) is 5.97. The Balaban J connectivity index is 1.52. The molecule has 7 nitrogen and oxygen atoms in total. The van der Waals surface area contributed by atoms with Gasteiger partial charge in [-0.3, -0.25) is 13.9 Å². The number of benzene rings is 3. The van der Waals surface area contributed by atoms with E-state index in [9.17, 15) is 18.0 Å². The first kappa shape index (κ1) is 24.5. The highest BCUT2D eigenvalue weighted by atomic mass is 32.2. The number of amides is 2. The number of rotatable bonds is 8. The van der Waals surface area contributed by atoms with Crippen LogP contribution in [-0.4, -0.2) is 33.3 Å². The van der Waals surface area contributed by atoms with Crippen molar-refractivity contribution in [2.75, 3.05) is 22.3 Å². The third kappa shape index (κ3) is 5.71. The molecule has 0 aliphatic carbocycles. The molecule has 4 rings (SSSR count). The number of aryl methyl sites for hydroxylation is 2. The fraction of sp³-hybridized carbons (Fsp3) is 0.259. The molecule has 1 N–H and O–H groups in total. The zero-order valence-corrected chi connectivity index (χ0v) is 20.7. The quantitative estimate of drug-likeness (QED) is 0.517. The van der Waals surface area contributed by atoms with Crippen molar-refractivity contribution >= 4 is 33.2 Å². The summed E-state index contributed by atoms with van der Waals surface area (Å²) >= 11 is 0. The third-order valence-corrected chi connectivity index (χ3v) is 7.76. The summed E-state index contributed by atoms with van der Waals surface area (Å²) in [4.78, 5) is 26.9. The Kier molecular flexibility index (Phi) is 7.21. The molecule has 1 aliphatic rings. The molecule has 0 atom stereocenters. The second-order valence-corrected chi connectivity index (χ2v) is 10.6. The van der Waals surface area contributed by atoms with E-state index >= 15 is 0 Å². The van der Waals surface area contributed by atoms with E-state index in [1.807, 2.05) is 44.2 Å². The van der Waals surface area contributed by atoms with Gasteiger partial charge in [0.1, 0.15) is 6.54 Å². The van der Waals surface area contributed by atoms with Gasteiger partial charge in [-0.2, -0.15) is 0 Å². The van der Waals surface area contributed by atoms with Gasteiger partial charge in [0.2, 0.25) is 11.8 Å². The van der Waals surface area contributed by atoms with Crippen molar-refractivity contribution in [3.05, 3.63) is 89.5 Å². The predicted octanol–water partition coefficient (Wildman–Crippen LogP) is 3.94. The Labute approximate surface area is 206 Å². The van der Waals surface area contributed by atoms with Crippen LogP contribution in [0.4, 0.5) is 11.4 Å². The minimum atomic E-state index is -3.96. The molecule has 1 saturated heterocycles. The van der Waals surface area contributed by atoms with Crippen molar-refractivity contribution in [2.45, 2.75) is 38.1 Å². The summed E-state index contributed by atoms with van der Waals surface area (Å²) < 4.78 is 28.1. The summed E-state index contributed by atoms with van der Waals surface area (Å²) in [7, 11) is -3.96. The summed E-state index contributed by atoms with van der Waals surface area (Å²) in [5.41, 5.74) is 3.90. The van der Waals surface area contributed by atoms with Gasteiger partial charge >= 0.3 is 0 Å². The lowest BCUT2D eigenvalue weighted by atomic mass is 10.2. The van der Waals surface area contributed by atoms with E-state index in [1.165, 1.54) is 0 Å². The molecule has 35 heavy (non-hydrogen) atoms. The number of nitrogens with one attached hydrogen (secondary N) is 1. The molecule has 3 aromatic carbocycles. The molecular formula is C27H29N3O4S. The van der Waals surface area contributed by atoms with Crippen LogP contribution in [0.25, 0.3) is 0 Å². The van der Waals surface area contributed by atoms with Gasteiger partial charge in [0.15, 0.2) is 0 Å². The van der Waals surface area contributed by atoms with Gasteiger partial charge in [0, 0.05) is 25.2 Å². The lowest BCUT2D eigenvalue weighted by Gasteiger charge is -2.24. The molecule has 0 bridgehead atoms. The molecule has 8 heteroatoms. The van der Waals surface area contributed by atoms with Gasteiger partial charge in [-0.05, 0) is 67.8 Å². The maximum Gasteiger partial charge on any atom is 0.264 e. The van der Waals surface area contributed by atoms with Crippen molar-refractivity contribution in [1.29, 1.82) is 0 Å². The summed E-state index contributed by atoms with van der Waals surface area (Å²) in [6, 6.07) is 21.1. The van der Waals surface area contributed by atoms with Gasteiger partial charge < -0.3 is 10.2 Å². The second-order valence-electron chi connectivity index (χ2n) is 8.76. The van der Waals surface area contributed by atoms with Crippen LogP contribution in [0.5, 0.6) is 0 Å². The van der Waals surface area contributed by atoms with Crippen LogP contribution in [0.3, 0.4) is 0 Å². The highest BCUT2D eigenvalue weighted by Gasteiger charge is 2.27. The first-order valence-corrected chi connectivity index (χ1v) is 13.0. The Hall–Kier alpha value is -3.65. The minimum Gasteiger partial charge on any atom is -0.350 e. The number of hydrogen-bond donors (Lipinski definition) is 1. The molecule has 1 aliphatic heterocycles. The smallest absolute Gasteiger partial charge is 0.264 e. The SMILES string of the molecule is Cc1ccc(S(=O)(=O)N(CC(=O)NCc2cccc(N3CCCC3=O)c2)c2cccc(C)c2)cc1. The Morgan fingerprint density at radius 1 is 0.971 bits per heavy atom. The second kappa shape index (κ2) is 10.3. The normalized spacial score (nSPS) is 13.7. The topological polar surface area (TPSA) is 86.8 Å². The maximum atomic E-state index is 13.5. The summed E-state index contributed by atoms with van der Waals surface area (Å²) in [6.07, 6.45) is 1.38. The molecule has 1 fully saturated rings. The zero-order valence-electron chi connectivity index (χ0n) is 19.9. The average Bonchev–Trinajstić information content (AvgIpc) is 3.27. The Morgan fingerprint density at radius 2 is 1.71 bits per heavy atom. The van der Waals surface area contributed by atoms with Crippen molar-refractivity contribution in [2.24, 2.45) is 0 Å². The number of sulfonamides is 1. The molecule has 3 aromatic rings. The van der Waals surface area contributed by atoms with E-state index < -0.39 is 15.9 Å². The number of carbonyl (C=O) groups is 2. The van der Waals surface area contributed by atoms with Crippen LogP contribution in [0, 0.1) is 13.8 Å². The molecule has 0 spiro atoms. The fourth-order valence-corrected chi connectivity index (χ4v) is 5.49. The van der Waals surface area contributed by atoms with E-state index in [0.29, 0.717) is 18.7 Å². The van der Waals surface area contributed by atoms with Crippen LogP contribution in [0.1, 0.15) is 29.5 Å². The van der Waals surface area contributed by atoms with Gasteiger partial charge in [-0.25, -0.2) is 8.42 Å². The maximum absolute atomic E-state index is 13.5. The standard InChI is InChI=1S/C27H29N3O4S/c1-20-11-13-25(14-12-20)35(33,34)30(24-9-3-6-21(2)16-24)19-26(31)28-18-22-7-4-8-23(17-22)29-15-5-10-27(29)32/h3-4,6-9,11-14,16-17H,5,10,15,18-19H2,1-2H3,(H,28,31). The lowest BCUT2D eigenvalue weighted by molar-refractivity contribution is -0.120. The summed E-state index contributed by atoms with van der Waals surface area (Å²) in [6.45, 7) is 4.32. The van der Waals surface area contributed by atoms with Crippen molar-refractivity contribution < 1.29 is 18.0 Å². The molecule has 1 heterocycles. The number of anilines is 2. The molecule has 182 valence electrons. The summed E-state index contributed by atoms with van der Waals surface area (Å²) in [5, 5.41) is 2.83. The van der Waals surface area contributed by atoms with Crippen molar-refractivity contribution in [3.8, 4) is 0 Å². The molecule has 2 amide bonds. The van der Waals surface area contributed by atoms with E-state index in [4.69, 9.17) is 0 Å². The highest BCUT2D eigenvalue weighted by molar-refractivity contribution is 7.92. The highest BCUT2D eigenvalue weighted by Crippen LogP contribution is 2.25. The summed E-state index contributed by atoms with van der Waals surface area (Å²) in [5.74, 6) is -0.328. The van der Waals surface area contributed by atoms with E-state index in [-0.39, 0.29) is 23.9 Å². The zero-order chi connectivity index (χ0) is 25.0. The first-order chi connectivity index (χ1) is 16.7. The Bertz CT molecular complexity index is 1340. The fourth-order valence-electron chi connectivity index (χ4n) is 4.08.